The second-order valence-electron chi connectivity index (χ2n) is 9.45. The summed E-state index contributed by atoms with van der Waals surface area (Å²) in [4.78, 5) is 45.4. The van der Waals surface area contributed by atoms with E-state index in [1.807, 2.05) is 55.6 Å². The highest BCUT2D eigenvalue weighted by molar-refractivity contribution is 6.15. The Morgan fingerprint density at radius 2 is 1.91 bits per heavy atom. The summed E-state index contributed by atoms with van der Waals surface area (Å²) in [5.41, 5.74) is 3.19. The maximum atomic E-state index is 13.7. The van der Waals surface area contributed by atoms with Crippen molar-refractivity contribution in [1.29, 1.82) is 0 Å². The average molecular weight is 459 g/mol. The highest BCUT2D eigenvalue weighted by atomic mass is 16.5. The number of para-hydroxylation sites is 1. The number of carbonyl (C=O) groups is 3. The number of H-pyrrole nitrogens is 1. The highest BCUT2D eigenvalue weighted by Gasteiger charge is 2.70. The van der Waals surface area contributed by atoms with Crippen LogP contribution in [0.1, 0.15) is 16.7 Å². The predicted molar refractivity (Wildman–Crippen MR) is 126 cm³/mol. The number of carbonyl (C=O) groups excluding carboxylic acids is 3. The number of aryl methyl sites for hydroxylation is 1. The Balaban J connectivity index is 1.47. The normalized spacial score (nSPS) is 27.6. The first-order chi connectivity index (χ1) is 16.5. The average Bonchev–Trinajstić information content (AvgIpc) is 3.53. The van der Waals surface area contributed by atoms with Crippen molar-refractivity contribution >= 4 is 34.3 Å². The van der Waals surface area contributed by atoms with Gasteiger partial charge >= 0.3 is 0 Å². The van der Waals surface area contributed by atoms with Crippen molar-refractivity contribution in [3.05, 3.63) is 65.4 Å². The van der Waals surface area contributed by atoms with Crippen LogP contribution in [0.5, 0.6) is 0 Å². The van der Waals surface area contributed by atoms with Gasteiger partial charge in [-0.2, -0.15) is 0 Å². The van der Waals surface area contributed by atoms with Gasteiger partial charge in [0.05, 0.1) is 25.0 Å². The third kappa shape index (κ3) is 2.75. The zero-order valence-corrected chi connectivity index (χ0v) is 19.1. The molecule has 2 saturated heterocycles. The Kier molecular flexibility index (Phi) is 4.65. The van der Waals surface area contributed by atoms with Gasteiger partial charge in [-0.1, -0.05) is 35.9 Å². The minimum atomic E-state index is -1.28. The molecule has 4 atom stereocenters. The maximum absolute atomic E-state index is 13.7. The summed E-state index contributed by atoms with van der Waals surface area (Å²) in [6.45, 7) is 2.39. The standard InChI is InChI=1S/C26H26N4O4/c1-14-7-8-19-17(11-14)26(25(33)28-19)22-21(23(31)30(24(22)32)9-10-34-2)20(29-26)12-15-13-27-18-6-4-3-5-16(15)18/h3-8,11,13,20-22,27,29H,9-10,12H2,1-2H3,(H,28,33)/t20-,21-,22+,26-/m1/s1. The van der Waals surface area contributed by atoms with Crippen LogP contribution in [-0.4, -0.2) is 53.9 Å². The molecule has 3 aromatic rings. The first kappa shape index (κ1) is 21.1. The molecule has 0 aliphatic carbocycles. The molecule has 8 heteroatoms. The Morgan fingerprint density at radius 1 is 1.09 bits per heavy atom. The highest BCUT2D eigenvalue weighted by Crippen LogP contribution is 2.53. The summed E-state index contributed by atoms with van der Waals surface area (Å²) < 4.78 is 5.15. The number of aromatic nitrogens is 1. The molecule has 4 heterocycles. The van der Waals surface area contributed by atoms with E-state index >= 15 is 0 Å². The summed E-state index contributed by atoms with van der Waals surface area (Å²) in [7, 11) is 1.54. The molecule has 0 unspecified atom stereocenters. The number of aromatic amines is 1. The van der Waals surface area contributed by atoms with Gasteiger partial charge in [0.25, 0.3) is 0 Å². The van der Waals surface area contributed by atoms with Crippen LogP contribution >= 0.6 is 0 Å². The molecule has 3 aliphatic heterocycles. The van der Waals surface area contributed by atoms with Gasteiger partial charge in [0.2, 0.25) is 17.7 Å². The van der Waals surface area contributed by atoms with Gasteiger partial charge < -0.3 is 15.0 Å². The lowest BCUT2D eigenvalue weighted by atomic mass is 9.76. The quantitative estimate of drug-likeness (QED) is 0.508. The number of nitrogens with one attached hydrogen (secondary N) is 3. The number of benzene rings is 2. The number of hydrogen-bond donors (Lipinski definition) is 3. The van der Waals surface area contributed by atoms with Crippen molar-refractivity contribution in [2.45, 2.75) is 24.9 Å². The van der Waals surface area contributed by atoms with Crippen molar-refractivity contribution in [2.75, 3.05) is 25.6 Å². The number of ether oxygens (including phenoxy) is 1. The Labute approximate surface area is 196 Å². The van der Waals surface area contributed by atoms with Gasteiger partial charge in [-0.25, -0.2) is 0 Å². The van der Waals surface area contributed by atoms with E-state index in [0.717, 1.165) is 27.6 Å². The van der Waals surface area contributed by atoms with E-state index in [1.165, 1.54) is 12.0 Å². The van der Waals surface area contributed by atoms with E-state index in [9.17, 15) is 14.4 Å². The molecule has 3 N–H and O–H groups in total. The number of anilines is 1. The SMILES string of the molecule is COCCN1C(=O)[C@H]2[C@@H](C1=O)[C@@]1(N[C@@H]2Cc2c[nH]c3ccccc23)C(=O)Nc2ccc(C)cc21. The summed E-state index contributed by atoms with van der Waals surface area (Å²) in [5.74, 6) is -2.29. The van der Waals surface area contributed by atoms with E-state index < -0.39 is 17.4 Å². The van der Waals surface area contributed by atoms with Crippen LogP contribution in [0.25, 0.3) is 10.9 Å². The molecule has 1 spiro atoms. The van der Waals surface area contributed by atoms with Gasteiger partial charge in [0, 0.05) is 41.5 Å². The number of likely N-dealkylation sites (tertiary alicyclic amines) is 1. The van der Waals surface area contributed by atoms with E-state index in [4.69, 9.17) is 4.74 Å². The van der Waals surface area contributed by atoms with Crippen molar-refractivity contribution in [1.82, 2.24) is 15.2 Å². The zero-order chi connectivity index (χ0) is 23.6. The maximum Gasteiger partial charge on any atom is 0.250 e. The number of hydrogen-bond acceptors (Lipinski definition) is 5. The molecule has 0 radical (unpaired) electrons. The number of nitrogens with zero attached hydrogens (tertiary/aromatic N) is 1. The second-order valence-corrected chi connectivity index (χ2v) is 9.45. The number of imide groups is 1. The second kappa shape index (κ2) is 7.51. The number of methoxy groups -OCH3 is 1. The smallest absolute Gasteiger partial charge is 0.250 e. The largest absolute Gasteiger partial charge is 0.383 e. The lowest BCUT2D eigenvalue weighted by molar-refractivity contribution is -0.143. The number of rotatable bonds is 5. The molecule has 0 saturated carbocycles. The molecule has 34 heavy (non-hydrogen) atoms. The van der Waals surface area contributed by atoms with E-state index in [1.54, 1.807) is 0 Å². The monoisotopic (exact) mass is 458 g/mol. The van der Waals surface area contributed by atoms with Crippen LogP contribution in [-0.2, 0) is 31.1 Å². The third-order valence-electron chi connectivity index (χ3n) is 7.60. The number of amides is 3. The van der Waals surface area contributed by atoms with Gasteiger partial charge in [0.1, 0.15) is 5.54 Å². The summed E-state index contributed by atoms with van der Waals surface area (Å²) >= 11 is 0. The molecular weight excluding hydrogens is 432 g/mol. The first-order valence-electron chi connectivity index (χ1n) is 11.5. The molecule has 0 bridgehead atoms. The van der Waals surface area contributed by atoms with Crippen LogP contribution in [0.3, 0.4) is 0 Å². The molecule has 3 amide bonds. The topological polar surface area (TPSA) is 104 Å². The van der Waals surface area contributed by atoms with Gasteiger partial charge in [-0.05, 0) is 31.0 Å². The van der Waals surface area contributed by atoms with Gasteiger partial charge in [-0.3, -0.25) is 24.6 Å². The molecule has 2 aromatic carbocycles. The Bertz CT molecular complexity index is 1350. The molecule has 174 valence electrons. The van der Waals surface area contributed by atoms with Crippen LogP contribution in [0.2, 0.25) is 0 Å². The van der Waals surface area contributed by atoms with Crippen LogP contribution in [0.4, 0.5) is 5.69 Å². The van der Waals surface area contributed by atoms with E-state index in [2.05, 4.69) is 15.6 Å². The minimum Gasteiger partial charge on any atom is -0.383 e. The molecule has 6 rings (SSSR count). The van der Waals surface area contributed by atoms with Crippen LogP contribution in [0.15, 0.2) is 48.7 Å². The summed E-state index contributed by atoms with van der Waals surface area (Å²) in [6.07, 6.45) is 2.46. The van der Waals surface area contributed by atoms with Crippen molar-refractivity contribution in [2.24, 2.45) is 11.8 Å². The zero-order valence-electron chi connectivity index (χ0n) is 19.1. The minimum absolute atomic E-state index is 0.180. The van der Waals surface area contributed by atoms with Crippen LogP contribution in [0, 0.1) is 18.8 Å². The fourth-order valence-corrected chi connectivity index (χ4v) is 6.09. The fourth-order valence-electron chi connectivity index (χ4n) is 6.09. The predicted octanol–water partition coefficient (Wildman–Crippen LogP) is 2.09. The molecular formula is C26H26N4O4. The van der Waals surface area contributed by atoms with E-state index in [-0.39, 0.29) is 36.9 Å². The number of fused-ring (bicyclic) bond motifs is 5. The summed E-state index contributed by atoms with van der Waals surface area (Å²) in [5, 5.41) is 7.55. The van der Waals surface area contributed by atoms with Crippen molar-refractivity contribution in [3.8, 4) is 0 Å². The Morgan fingerprint density at radius 3 is 2.74 bits per heavy atom. The molecule has 2 fully saturated rings. The van der Waals surface area contributed by atoms with Crippen molar-refractivity contribution in [3.63, 3.8) is 0 Å². The van der Waals surface area contributed by atoms with Gasteiger partial charge in [0.15, 0.2) is 0 Å². The Hall–Kier alpha value is -3.49. The third-order valence-corrected chi connectivity index (χ3v) is 7.60. The van der Waals surface area contributed by atoms with Gasteiger partial charge in [-0.15, -0.1) is 0 Å². The first-order valence-corrected chi connectivity index (χ1v) is 11.5. The lowest BCUT2D eigenvalue weighted by Crippen LogP contribution is -2.53. The molecule has 3 aliphatic rings. The molecule has 1 aromatic heterocycles. The molecule has 8 nitrogen and oxygen atoms in total. The van der Waals surface area contributed by atoms with Crippen LogP contribution < -0.4 is 10.6 Å². The van der Waals surface area contributed by atoms with E-state index in [0.29, 0.717) is 12.1 Å². The van der Waals surface area contributed by atoms with Crippen molar-refractivity contribution < 1.29 is 19.1 Å². The fraction of sp³-hybridized carbons (Fsp3) is 0.346. The lowest BCUT2D eigenvalue weighted by Gasteiger charge is -2.29. The summed E-state index contributed by atoms with van der Waals surface area (Å²) in [6, 6.07) is 13.3.